The van der Waals surface area contributed by atoms with Gasteiger partial charge in [0.25, 0.3) is 0 Å². The number of benzene rings is 2. The third-order valence-corrected chi connectivity index (χ3v) is 6.96. The highest BCUT2D eigenvalue weighted by Crippen LogP contribution is 2.55. The Kier molecular flexibility index (Phi) is 4.28. The number of piperidine rings is 1. The van der Waals surface area contributed by atoms with Crippen LogP contribution in [-0.2, 0) is 4.79 Å². The fourth-order valence-corrected chi connectivity index (χ4v) is 5.71. The Morgan fingerprint density at radius 3 is 2.26 bits per heavy atom. The van der Waals surface area contributed by atoms with E-state index in [-0.39, 0.29) is 11.8 Å². The summed E-state index contributed by atoms with van der Waals surface area (Å²) < 4.78 is 0. The number of rotatable bonds is 3. The zero-order valence-electron chi connectivity index (χ0n) is 15.9. The minimum absolute atomic E-state index is 0.168. The van der Waals surface area contributed by atoms with E-state index in [2.05, 4.69) is 66.1 Å². The zero-order chi connectivity index (χ0) is 18.4. The first-order valence-corrected chi connectivity index (χ1v) is 10.4. The first kappa shape index (κ1) is 17.0. The highest BCUT2D eigenvalue weighted by molar-refractivity contribution is 5.78. The van der Waals surface area contributed by atoms with E-state index in [1.807, 2.05) is 0 Å². The van der Waals surface area contributed by atoms with Crippen LogP contribution in [0.3, 0.4) is 0 Å². The van der Waals surface area contributed by atoms with Crippen molar-refractivity contribution in [2.75, 3.05) is 13.1 Å². The summed E-state index contributed by atoms with van der Waals surface area (Å²) in [6.07, 6.45) is 3.05. The first-order chi connectivity index (χ1) is 13.2. The van der Waals surface area contributed by atoms with E-state index in [9.17, 15) is 4.79 Å². The Hall–Kier alpha value is -2.13. The number of carbonyl (C=O) groups is 1. The van der Waals surface area contributed by atoms with Crippen LogP contribution in [0.4, 0.5) is 0 Å². The molecule has 3 atom stereocenters. The van der Waals surface area contributed by atoms with Crippen LogP contribution < -0.4 is 10.6 Å². The fraction of sp³-hybridized carbons (Fsp3) is 0.458. The van der Waals surface area contributed by atoms with E-state index < -0.39 is 0 Å². The summed E-state index contributed by atoms with van der Waals surface area (Å²) in [5.74, 6) is 1.80. The molecule has 1 aliphatic heterocycles. The van der Waals surface area contributed by atoms with Gasteiger partial charge >= 0.3 is 0 Å². The summed E-state index contributed by atoms with van der Waals surface area (Å²) in [5, 5.41) is 6.76. The van der Waals surface area contributed by atoms with Gasteiger partial charge in [-0.05, 0) is 60.9 Å². The number of carbonyl (C=O) groups excluding carboxylic acids is 1. The topological polar surface area (TPSA) is 41.1 Å². The number of nitrogens with one attached hydrogen (secondary N) is 2. The molecule has 1 fully saturated rings. The van der Waals surface area contributed by atoms with E-state index in [1.165, 1.54) is 22.3 Å². The van der Waals surface area contributed by atoms with Gasteiger partial charge in [0.2, 0.25) is 5.91 Å². The van der Waals surface area contributed by atoms with Crippen molar-refractivity contribution >= 4 is 5.91 Å². The molecule has 2 N–H and O–H groups in total. The lowest BCUT2D eigenvalue weighted by Gasteiger charge is -2.45. The second kappa shape index (κ2) is 6.79. The van der Waals surface area contributed by atoms with Crippen molar-refractivity contribution in [3.63, 3.8) is 0 Å². The molecule has 0 aromatic heterocycles. The molecule has 1 unspecified atom stereocenters. The molecule has 2 bridgehead atoms. The van der Waals surface area contributed by atoms with Gasteiger partial charge in [0.15, 0.2) is 0 Å². The molecule has 6 rings (SSSR count). The van der Waals surface area contributed by atoms with Gasteiger partial charge in [-0.25, -0.2) is 0 Å². The lowest BCUT2D eigenvalue weighted by atomic mass is 9.59. The molecule has 0 spiro atoms. The molecular weight excluding hydrogens is 332 g/mol. The highest BCUT2D eigenvalue weighted by Gasteiger charge is 2.43. The second-order valence-corrected chi connectivity index (χ2v) is 8.61. The summed E-state index contributed by atoms with van der Waals surface area (Å²) >= 11 is 0. The molecule has 3 aliphatic carbocycles. The van der Waals surface area contributed by atoms with Crippen LogP contribution in [0.2, 0.25) is 0 Å². The van der Waals surface area contributed by atoms with Crippen LogP contribution >= 0.6 is 0 Å². The summed E-state index contributed by atoms with van der Waals surface area (Å²) in [4.78, 5) is 12.7. The molecule has 3 heteroatoms. The van der Waals surface area contributed by atoms with Crippen LogP contribution in [-0.4, -0.2) is 25.0 Å². The Bertz CT molecular complexity index is 813. The predicted molar refractivity (Wildman–Crippen MR) is 108 cm³/mol. The van der Waals surface area contributed by atoms with Gasteiger partial charge in [-0.15, -0.1) is 0 Å². The third-order valence-electron chi connectivity index (χ3n) is 6.96. The Labute approximate surface area is 161 Å². The quantitative estimate of drug-likeness (QED) is 0.874. The normalized spacial score (nSPS) is 31.1. The number of hydrogen-bond donors (Lipinski definition) is 2. The van der Waals surface area contributed by atoms with Crippen molar-refractivity contribution < 1.29 is 4.79 Å². The van der Waals surface area contributed by atoms with Crippen molar-refractivity contribution in [1.29, 1.82) is 0 Å². The smallest absolute Gasteiger partial charge is 0.223 e. The van der Waals surface area contributed by atoms with Gasteiger partial charge in [-0.1, -0.05) is 48.5 Å². The SMILES string of the molecule is C[C@H]1C[C@@H](C(=O)NCC2CC3c4ccccc4C2c2ccccc23)CCN1. The van der Waals surface area contributed by atoms with Crippen molar-refractivity contribution in [1.82, 2.24) is 10.6 Å². The van der Waals surface area contributed by atoms with Gasteiger partial charge < -0.3 is 10.6 Å². The predicted octanol–water partition coefficient (Wildman–Crippen LogP) is 3.79. The fourth-order valence-electron chi connectivity index (χ4n) is 5.71. The monoisotopic (exact) mass is 360 g/mol. The van der Waals surface area contributed by atoms with Gasteiger partial charge in [0, 0.05) is 30.3 Å². The zero-order valence-corrected chi connectivity index (χ0v) is 15.9. The lowest BCUT2D eigenvalue weighted by molar-refractivity contribution is -0.126. The van der Waals surface area contributed by atoms with Gasteiger partial charge in [-0.3, -0.25) is 4.79 Å². The molecule has 1 amide bonds. The summed E-state index contributed by atoms with van der Waals surface area (Å²) in [7, 11) is 0. The van der Waals surface area contributed by atoms with Crippen LogP contribution in [0.25, 0.3) is 0 Å². The summed E-state index contributed by atoms with van der Waals surface area (Å²) in [6.45, 7) is 3.92. The largest absolute Gasteiger partial charge is 0.356 e. The lowest BCUT2D eigenvalue weighted by Crippen LogP contribution is -2.45. The van der Waals surface area contributed by atoms with Crippen LogP contribution in [0.5, 0.6) is 0 Å². The third kappa shape index (κ3) is 2.89. The average molecular weight is 361 g/mol. The van der Waals surface area contributed by atoms with Gasteiger partial charge in [-0.2, -0.15) is 0 Å². The van der Waals surface area contributed by atoms with Crippen molar-refractivity contribution in [2.45, 2.75) is 44.1 Å². The molecule has 27 heavy (non-hydrogen) atoms. The average Bonchev–Trinajstić information content (AvgIpc) is 2.72. The van der Waals surface area contributed by atoms with Crippen molar-refractivity contribution in [2.24, 2.45) is 11.8 Å². The maximum atomic E-state index is 12.7. The molecule has 4 aliphatic rings. The molecule has 140 valence electrons. The molecule has 2 aromatic carbocycles. The molecular formula is C24H28N2O. The minimum atomic E-state index is 0.168. The van der Waals surface area contributed by atoms with Gasteiger partial charge in [0.1, 0.15) is 0 Å². The maximum absolute atomic E-state index is 12.7. The van der Waals surface area contributed by atoms with Gasteiger partial charge in [0.05, 0.1) is 0 Å². The standard InChI is InChI=1S/C24H28N2O/c1-15-12-16(10-11-25-15)24(27)26-14-17-13-22-18-6-2-4-8-20(18)23(17)21-9-5-3-7-19(21)22/h2-9,15-17,22-23,25H,10-14H2,1H3,(H,26,27)/t15-,16-,17?,22?,23?/m0/s1. The Morgan fingerprint density at radius 1 is 1.00 bits per heavy atom. The van der Waals surface area contributed by atoms with Crippen LogP contribution in [0.1, 0.15) is 60.3 Å². The van der Waals surface area contributed by atoms with E-state index in [4.69, 9.17) is 0 Å². The minimum Gasteiger partial charge on any atom is -0.356 e. The Balaban J connectivity index is 1.37. The molecule has 0 saturated carbocycles. The Morgan fingerprint density at radius 2 is 1.63 bits per heavy atom. The van der Waals surface area contributed by atoms with Crippen LogP contribution in [0.15, 0.2) is 48.5 Å². The first-order valence-electron chi connectivity index (χ1n) is 10.4. The molecule has 3 nitrogen and oxygen atoms in total. The summed E-state index contributed by atoms with van der Waals surface area (Å²) in [5.41, 5.74) is 5.94. The van der Waals surface area contributed by atoms with Crippen molar-refractivity contribution in [3.05, 3.63) is 70.8 Å². The van der Waals surface area contributed by atoms with E-state index in [0.717, 1.165) is 32.4 Å². The summed E-state index contributed by atoms with van der Waals surface area (Å²) in [6, 6.07) is 18.3. The molecule has 0 radical (unpaired) electrons. The molecule has 1 heterocycles. The number of hydrogen-bond acceptors (Lipinski definition) is 2. The van der Waals surface area contributed by atoms with E-state index >= 15 is 0 Å². The molecule has 1 saturated heterocycles. The second-order valence-electron chi connectivity index (χ2n) is 8.61. The van der Waals surface area contributed by atoms with Crippen molar-refractivity contribution in [3.8, 4) is 0 Å². The highest BCUT2D eigenvalue weighted by atomic mass is 16.1. The number of fused-ring (bicyclic) bond motifs is 1. The van der Waals surface area contributed by atoms with E-state index in [0.29, 0.717) is 23.8 Å². The molecule has 2 aromatic rings. The van der Waals surface area contributed by atoms with Crippen LogP contribution in [0, 0.1) is 11.8 Å². The number of amides is 1. The maximum Gasteiger partial charge on any atom is 0.223 e. The van der Waals surface area contributed by atoms with E-state index in [1.54, 1.807) is 0 Å².